The van der Waals surface area contributed by atoms with Gasteiger partial charge in [-0.2, -0.15) is 18.3 Å². The van der Waals surface area contributed by atoms with E-state index in [9.17, 15) is 18.0 Å². The molecule has 2 saturated heterocycles. The molecule has 2 aromatic heterocycles. The molecule has 2 fully saturated rings. The second-order valence-corrected chi connectivity index (χ2v) is 8.66. The lowest BCUT2D eigenvalue weighted by Gasteiger charge is -2.26. The fourth-order valence-corrected chi connectivity index (χ4v) is 4.45. The number of amides is 1. The van der Waals surface area contributed by atoms with Crippen LogP contribution in [0.5, 0.6) is 0 Å². The predicted octanol–water partition coefficient (Wildman–Crippen LogP) is 4.13. The van der Waals surface area contributed by atoms with Gasteiger partial charge in [0.05, 0.1) is 24.5 Å². The van der Waals surface area contributed by atoms with Crippen molar-refractivity contribution in [2.24, 2.45) is 0 Å². The Kier molecular flexibility index (Phi) is 6.63. The number of ether oxygens (including phenoxy) is 2. The molecule has 0 aliphatic carbocycles. The van der Waals surface area contributed by atoms with E-state index in [2.05, 4.69) is 20.4 Å². The predicted molar refractivity (Wildman–Crippen MR) is 125 cm³/mol. The molecule has 1 amide bonds. The van der Waals surface area contributed by atoms with E-state index in [0.29, 0.717) is 49.0 Å². The summed E-state index contributed by atoms with van der Waals surface area (Å²) >= 11 is 0. The van der Waals surface area contributed by atoms with Gasteiger partial charge in [-0.25, -0.2) is 9.97 Å². The fraction of sp³-hybridized carbons (Fsp3) is 0.417. The van der Waals surface area contributed by atoms with Gasteiger partial charge in [-0.1, -0.05) is 0 Å². The van der Waals surface area contributed by atoms with Gasteiger partial charge < -0.3 is 19.7 Å². The Morgan fingerprint density at radius 2 is 1.81 bits per heavy atom. The molecule has 2 aliphatic heterocycles. The molecule has 190 valence electrons. The van der Waals surface area contributed by atoms with Gasteiger partial charge in [0, 0.05) is 48.6 Å². The Morgan fingerprint density at radius 3 is 2.50 bits per heavy atom. The highest BCUT2D eigenvalue weighted by molar-refractivity contribution is 5.95. The maximum absolute atomic E-state index is 13.9. The zero-order chi connectivity index (χ0) is 25.3. The molecule has 12 heteroatoms. The van der Waals surface area contributed by atoms with E-state index < -0.39 is 11.7 Å². The summed E-state index contributed by atoms with van der Waals surface area (Å²) in [4.78, 5) is 21.8. The Labute approximate surface area is 205 Å². The summed E-state index contributed by atoms with van der Waals surface area (Å²) in [5.41, 5.74) is 1.03. The van der Waals surface area contributed by atoms with Crippen molar-refractivity contribution in [1.82, 2.24) is 19.7 Å². The van der Waals surface area contributed by atoms with Crippen LogP contribution in [0.25, 0.3) is 11.3 Å². The van der Waals surface area contributed by atoms with Gasteiger partial charge in [0.15, 0.2) is 0 Å². The van der Waals surface area contributed by atoms with Crippen LogP contribution in [0.1, 0.15) is 30.1 Å². The molecular weight excluding hydrogens is 477 g/mol. The highest BCUT2D eigenvalue weighted by atomic mass is 19.4. The number of hydrogen-bond acceptors (Lipinski definition) is 7. The second-order valence-electron chi connectivity index (χ2n) is 8.66. The summed E-state index contributed by atoms with van der Waals surface area (Å²) in [5.74, 6) is -0.110. The van der Waals surface area contributed by atoms with Gasteiger partial charge >= 0.3 is 6.18 Å². The van der Waals surface area contributed by atoms with Crippen LogP contribution < -0.4 is 10.2 Å². The van der Waals surface area contributed by atoms with E-state index in [1.165, 1.54) is 6.20 Å². The largest absolute Gasteiger partial charge is 0.419 e. The summed E-state index contributed by atoms with van der Waals surface area (Å²) in [6.07, 6.45) is -0.919. The minimum absolute atomic E-state index is 0.0198. The van der Waals surface area contributed by atoms with Gasteiger partial charge in [-0.3, -0.25) is 9.48 Å². The molecule has 3 aromatic rings. The lowest BCUT2D eigenvalue weighted by molar-refractivity contribution is -0.137. The summed E-state index contributed by atoms with van der Waals surface area (Å²) in [6, 6.07) is 7.00. The van der Waals surface area contributed by atoms with E-state index >= 15 is 0 Å². The average molecular weight is 502 g/mol. The number of benzene rings is 1. The number of anilines is 3. The van der Waals surface area contributed by atoms with Crippen molar-refractivity contribution < 1.29 is 27.4 Å². The first-order chi connectivity index (χ1) is 17.3. The number of hydrogen-bond donors (Lipinski definition) is 1. The smallest absolute Gasteiger partial charge is 0.381 e. The molecule has 0 unspecified atom stereocenters. The lowest BCUT2D eigenvalue weighted by Crippen LogP contribution is -2.41. The Balaban J connectivity index is 1.43. The van der Waals surface area contributed by atoms with Crippen LogP contribution in [0.2, 0.25) is 0 Å². The fourth-order valence-electron chi connectivity index (χ4n) is 4.45. The molecule has 0 saturated carbocycles. The number of carbonyl (C=O) groups excluding carboxylic acids is 1. The van der Waals surface area contributed by atoms with E-state index in [4.69, 9.17) is 9.47 Å². The third-order valence-electron chi connectivity index (χ3n) is 6.35. The average Bonchev–Trinajstić information content (AvgIpc) is 3.26. The molecule has 2 aliphatic rings. The van der Waals surface area contributed by atoms with E-state index in [1.807, 2.05) is 0 Å². The number of nitrogens with zero attached hydrogens (tertiary/aromatic N) is 5. The normalized spacial score (nSPS) is 17.4. The highest BCUT2D eigenvalue weighted by Crippen LogP contribution is 2.38. The van der Waals surface area contributed by atoms with Crippen LogP contribution in [-0.2, 0) is 20.4 Å². The highest BCUT2D eigenvalue weighted by Gasteiger charge is 2.36. The topological polar surface area (TPSA) is 94.4 Å². The maximum Gasteiger partial charge on any atom is 0.419 e. The number of carbonyl (C=O) groups is 1. The Hall–Kier alpha value is -3.51. The van der Waals surface area contributed by atoms with Crippen molar-refractivity contribution >= 4 is 23.2 Å². The summed E-state index contributed by atoms with van der Waals surface area (Å²) in [7, 11) is 0. The van der Waals surface area contributed by atoms with Crippen molar-refractivity contribution in [2.75, 3.05) is 43.2 Å². The summed E-state index contributed by atoms with van der Waals surface area (Å²) in [5, 5.41) is 7.35. The first-order valence-electron chi connectivity index (χ1n) is 11.6. The van der Waals surface area contributed by atoms with Crippen LogP contribution in [0.15, 0.2) is 36.7 Å². The third-order valence-corrected chi connectivity index (χ3v) is 6.35. The van der Waals surface area contributed by atoms with E-state index in [0.717, 1.165) is 19.0 Å². The number of rotatable bonds is 5. The maximum atomic E-state index is 13.9. The lowest BCUT2D eigenvalue weighted by atomic mass is 10.1. The number of alkyl halides is 3. The zero-order valence-corrected chi connectivity index (χ0v) is 19.6. The molecule has 36 heavy (non-hydrogen) atoms. The molecule has 1 aromatic carbocycles. The van der Waals surface area contributed by atoms with Crippen molar-refractivity contribution in [3.8, 4) is 11.3 Å². The standard InChI is InChI=1S/C24H25F3N6O3/c1-15-19(12-29-33(15)18-6-9-35-10-7-18)22-20(24(25,26)27)13-28-23(31-22)30-16-2-4-17(5-3-16)32-8-11-36-14-21(32)34/h2-5,12-13,18H,6-11,14H2,1H3,(H,28,30,31). The van der Waals surface area contributed by atoms with Gasteiger partial charge in [-0.15, -0.1) is 0 Å². The van der Waals surface area contributed by atoms with Gasteiger partial charge in [-0.05, 0) is 44.0 Å². The van der Waals surface area contributed by atoms with Gasteiger partial charge in [0.25, 0.3) is 5.91 Å². The first kappa shape index (κ1) is 24.2. The number of nitrogens with one attached hydrogen (secondary N) is 1. The Morgan fingerprint density at radius 1 is 1.06 bits per heavy atom. The second kappa shape index (κ2) is 9.86. The van der Waals surface area contributed by atoms with Crippen molar-refractivity contribution in [3.05, 3.63) is 47.9 Å². The van der Waals surface area contributed by atoms with Gasteiger partial charge in [0.1, 0.15) is 12.2 Å². The van der Waals surface area contributed by atoms with Gasteiger partial charge in [0.2, 0.25) is 5.95 Å². The van der Waals surface area contributed by atoms with Crippen molar-refractivity contribution in [2.45, 2.75) is 32.0 Å². The van der Waals surface area contributed by atoms with E-state index in [-0.39, 0.29) is 30.2 Å². The third kappa shape index (κ3) is 4.91. The van der Waals surface area contributed by atoms with Crippen LogP contribution in [0, 0.1) is 6.92 Å². The molecular formula is C24H25F3N6O3. The molecule has 0 radical (unpaired) electrons. The number of morpholine rings is 1. The molecule has 0 atom stereocenters. The van der Waals surface area contributed by atoms with Crippen LogP contribution >= 0.6 is 0 Å². The number of aromatic nitrogens is 4. The number of halogens is 3. The summed E-state index contributed by atoms with van der Waals surface area (Å²) < 4.78 is 53.9. The molecule has 0 spiro atoms. The summed E-state index contributed by atoms with van der Waals surface area (Å²) in [6.45, 7) is 3.88. The monoisotopic (exact) mass is 502 g/mol. The minimum atomic E-state index is -4.63. The van der Waals surface area contributed by atoms with Crippen molar-refractivity contribution in [1.29, 1.82) is 0 Å². The molecule has 0 bridgehead atoms. The molecule has 1 N–H and O–H groups in total. The van der Waals surface area contributed by atoms with Crippen LogP contribution in [0.4, 0.5) is 30.5 Å². The zero-order valence-electron chi connectivity index (χ0n) is 19.6. The quantitative estimate of drug-likeness (QED) is 0.561. The van der Waals surface area contributed by atoms with Crippen LogP contribution in [-0.4, -0.2) is 58.6 Å². The van der Waals surface area contributed by atoms with Crippen LogP contribution in [0.3, 0.4) is 0 Å². The molecule has 4 heterocycles. The Bertz CT molecular complexity index is 1240. The van der Waals surface area contributed by atoms with Crippen molar-refractivity contribution in [3.63, 3.8) is 0 Å². The molecule has 9 nitrogen and oxygen atoms in total. The minimum Gasteiger partial charge on any atom is -0.381 e. The SMILES string of the molecule is Cc1c(-c2nc(Nc3ccc(N4CCOCC4=O)cc3)ncc2C(F)(F)F)cnn1C1CCOCC1. The van der Waals surface area contributed by atoms with E-state index in [1.54, 1.807) is 40.8 Å². The first-order valence-corrected chi connectivity index (χ1v) is 11.6. The molecule has 5 rings (SSSR count).